The first-order valence-corrected chi connectivity index (χ1v) is 12.3. The summed E-state index contributed by atoms with van der Waals surface area (Å²) in [6.07, 6.45) is 1.73. The second-order valence-corrected chi connectivity index (χ2v) is 9.04. The van der Waals surface area contributed by atoms with Crippen LogP contribution in [0.2, 0.25) is 0 Å². The number of aromatic nitrogens is 1. The maximum absolute atomic E-state index is 12.9. The highest BCUT2D eigenvalue weighted by Gasteiger charge is 2.18. The fourth-order valence-electron chi connectivity index (χ4n) is 3.38. The van der Waals surface area contributed by atoms with Crippen molar-refractivity contribution < 1.29 is 19.1 Å². The minimum Gasteiger partial charge on any atom is -0.497 e. The molecule has 0 radical (unpaired) electrons. The molecule has 1 atom stereocenters. The molecule has 0 aliphatic rings. The number of carbonyl (C=O) groups is 2. The van der Waals surface area contributed by atoms with Gasteiger partial charge in [0.1, 0.15) is 16.5 Å². The lowest BCUT2D eigenvalue weighted by atomic mass is 10.1. The zero-order valence-electron chi connectivity index (χ0n) is 20.3. The number of rotatable bonds is 12. The molecule has 2 aromatic carbocycles. The van der Waals surface area contributed by atoms with Crippen LogP contribution in [-0.4, -0.2) is 55.2 Å². The van der Waals surface area contributed by atoms with Gasteiger partial charge >= 0.3 is 6.03 Å². The maximum Gasteiger partial charge on any atom is 0.322 e. The molecule has 0 saturated heterocycles. The first-order valence-electron chi connectivity index (χ1n) is 11.5. The lowest BCUT2D eigenvalue weighted by Gasteiger charge is -2.22. The molecule has 1 heterocycles. The van der Waals surface area contributed by atoms with Gasteiger partial charge in [0, 0.05) is 30.8 Å². The van der Waals surface area contributed by atoms with E-state index in [1.165, 1.54) is 16.9 Å². The average Bonchev–Trinajstić information content (AvgIpc) is 3.35. The molecule has 186 valence electrons. The van der Waals surface area contributed by atoms with Gasteiger partial charge in [-0.1, -0.05) is 30.3 Å². The van der Waals surface area contributed by atoms with Gasteiger partial charge in [-0.15, -0.1) is 11.3 Å². The Hall–Kier alpha value is -3.43. The highest BCUT2D eigenvalue weighted by molar-refractivity contribution is 7.09. The average molecular weight is 497 g/mol. The summed E-state index contributed by atoms with van der Waals surface area (Å²) in [5.74, 6) is 0.501. The summed E-state index contributed by atoms with van der Waals surface area (Å²) in [7, 11) is 3.18. The number of thiazole rings is 1. The molecule has 3 amide bonds. The number of nitrogens with one attached hydrogen (secondary N) is 2. The fraction of sp³-hybridized carbons (Fsp3) is 0.346. The first-order chi connectivity index (χ1) is 17.0. The fourth-order valence-corrected chi connectivity index (χ4v) is 4.17. The molecule has 9 heteroatoms. The highest BCUT2D eigenvalue weighted by Crippen LogP contribution is 2.17. The summed E-state index contributed by atoms with van der Waals surface area (Å²) in [5.41, 5.74) is 2.26. The van der Waals surface area contributed by atoms with E-state index in [1.807, 2.05) is 25.1 Å². The van der Waals surface area contributed by atoms with Crippen molar-refractivity contribution in [3.8, 4) is 5.75 Å². The topological polar surface area (TPSA) is 92.8 Å². The number of benzene rings is 2. The molecular formula is C26H32N4O4S. The van der Waals surface area contributed by atoms with E-state index in [4.69, 9.17) is 9.47 Å². The molecule has 0 aliphatic heterocycles. The SMILES string of the molecule is COCCN(Cc1nc(C(=O)NC(C)CCc2ccccc2)cs1)C(=O)Nc1ccc(OC)cc1. The third-order valence-electron chi connectivity index (χ3n) is 5.39. The third kappa shape index (κ3) is 8.38. The van der Waals surface area contributed by atoms with E-state index in [0.717, 1.165) is 12.8 Å². The number of hydrogen-bond donors (Lipinski definition) is 2. The Morgan fingerprint density at radius 2 is 1.83 bits per heavy atom. The molecule has 1 unspecified atom stereocenters. The summed E-state index contributed by atoms with van der Waals surface area (Å²) in [4.78, 5) is 31.6. The molecule has 0 bridgehead atoms. The molecule has 0 spiro atoms. The monoisotopic (exact) mass is 496 g/mol. The minimum atomic E-state index is -0.275. The maximum atomic E-state index is 12.9. The summed E-state index contributed by atoms with van der Waals surface area (Å²) < 4.78 is 10.3. The molecule has 3 aromatic rings. The van der Waals surface area contributed by atoms with Crippen molar-refractivity contribution >= 4 is 29.0 Å². The van der Waals surface area contributed by atoms with E-state index in [1.54, 1.807) is 48.8 Å². The molecule has 8 nitrogen and oxygen atoms in total. The Morgan fingerprint density at radius 3 is 2.51 bits per heavy atom. The number of methoxy groups -OCH3 is 2. The molecular weight excluding hydrogens is 464 g/mol. The van der Waals surface area contributed by atoms with Crippen molar-refractivity contribution in [3.05, 3.63) is 76.2 Å². The van der Waals surface area contributed by atoms with Crippen LogP contribution in [0, 0.1) is 0 Å². The van der Waals surface area contributed by atoms with Crippen molar-refractivity contribution in [3.63, 3.8) is 0 Å². The van der Waals surface area contributed by atoms with Gasteiger partial charge in [0.25, 0.3) is 5.91 Å². The van der Waals surface area contributed by atoms with Gasteiger partial charge in [0.05, 0.1) is 20.3 Å². The molecule has 35 heavy (non-hydrogen) atoms. The van der Waals surface area contributed by atoms with Gasteiger partial charge in [0.2, 0.25) is 0 Å². The van der Waals surface area contributed by atoms with Crippen LogP contribution in [0.15, 0.2) is 60.0 Å². The zero-order chi connectivity index (χ0) is 25.0. The number of hydrogen-bond acceptors (Lipinski definition) is 6. The number of anilines is 1. The van der Waals surface area contributed by atoms with Crippen LogP contribution in [0.25, 0.3) is 0 Å². The predicted octanol–water partition coefficient (Wildman–Crippen LogP) is 4.58. The summed E-state index contributed by atoms with van der Waals surface area (Å²) in [6.45, 7) is 3.03. The summed E-state index contributed by atoms with van der Waals surface area (Å²) in [6, 6.07) is 17.0. The minimum absolute atomic E-state index is 0.0151. The number of nitrogens with zero attached hydrogens (tertiary/aromatic N) is 2. The molecule has 3 rings (SSSR count). The second kappa shape index (κ2) is 13.5. The van der Waals surface area contributed by atoms with Gasteiger partial charge in [-0.3, -0.25) is 4.79 Å². The smallest absolute Gasteiger partial charge is 0.322 e. The Morgan fingerprint density at radius 1 is 1.09 bits per heavy atom. The van der Waals surface area contributed by atoms with Crippen LogP contribution < -0.4 is 15.4 Å². The van der Waals surface area contributed by atoms with E-state index >= 15 is 0 Å². The van der Waals surface area contributed by atoms with Crippen LogP contribution in [0.1, 0.15) is 34.4 Å². The van der Waals surface area contributed by atoms with Crippen molar-refractivity contribution in [2.75, 3.05) is 32.7 Å². The lowest BCUT2D eigenvalue weighted by molar-refractivity contribution is 0.0933. The van der Waals surface area contributed by atoms with E-state index in [9.17, 15) is 9.59 Å². The molecule has 2 N–H and O–H groups in total. The van der Waals surface area contributed by atoms with Crippen LogP contribution >= 0.6 is 11.3 Å². The number of amides is 3. The van der Waals surface area contributed by atoms with E-state index in [0.29, 0.717) is 35.3 Å². The van der Waals surface area contributed by atoms with Crippen LogP contribution in [0.4, 0.5) is 10.5 Å². The van der Waals surface area contributed by atoms with Crippen LogP contribution in [0.5, 0.6) is 5.75 Å². The van der Waals surface area contributed by atoms with Gasteiger partial charge in [-0.25, -0.2) is 9.78 Å². The Bertz CT molecular complexity index is 1070. The Balaban J connectivity index is 1.55. The third-order valence-corrected chi connectivity index (χ3v) is 6.22. The summed E-state index contributed by atoms with van der Waals surface area (Å²) in [5, 5.41) is 8.29. The number of ether oxygens (including phenoxy) is 2. The van der Waals surface area contributed by atoms with Gasteiger partial charge in [-0.2, -0.15) is 0 Å². The van der Waals surface area contributed by atoms with E-state index in [-0.39, 0.29) is 24.5 Å². The zero-order valence-corrected chi connectivity index (χ0v) is 21.1. The second-order valence-electron chi connectivity index (χ2n) is 8.10. The normalized spacial score (nSPS) is 11.5. The molecule has 1 aromatic heterocycles. The summed E-state index contributed by atoms with van der Waals surface area (Å²) >= 11 is 1.35. The van der Waals surface area contributed by atoms with Gasteiger partial charge < -0.3 is 25.0 Å². The Kier molecular flexibility index (Phi) is 10.1. The molecule has 0 fully saturated rings. The highest BCUT2D eigenvalue weighted by atomic mass is 32.1. The standard InChI is InChI=1S/C26H32N4O4S/c1-19(9-10-20-7-5-4-6-8-20)27-25(31)23-18-35-24(29-23)17-30(15-16-33-2)26(32)28-21-11-13-22(34-3)14-12-21/h4-8,11-14,18-19H,9-10,15-17H2,1-3H3,(H,27,31)(H,28,32). The number of aryl methyl sites for hydroxylation is 1. The van der Waals surface area contributed by atoms with Crippen molar-refractivity contribution in [2.24, 2.45) is 0 Å². The largest absolute Gasteiger partial charge is 0.497 e. The van der Waals surface area contributed by atoms with Crippen LogP contribution in [-0.2, 0) is 17.7 Å². The van der Waals surface area contributed by atoms with Crippen LogP contribution in [0.3, 0.4) is 0 Å². The number of carbonyl (C=O) groups excluding carboxylic acids is 2. The lowest BCUT2D eigenvalue weighted by Crippen LogP contribution is -2.37. The van der Waals surface area contributed by atoms with E-state index < -0.39 is 0 Å². The number of urea groups is 1. The van der Waals surface area contributed by atoms with Crippen molar-refractivity contribution in [1.29, 1.82) is 0 Å². The van der Waals surface area contributed by atoms with E-state index in [2.05, 4.69) is 27.8 Å². The Labute approximate surface area is 210 Å². The van der Waals surface area contributed by atoms with Gasteiger partial charge in [0.15, 0.2) is 0 Å². The van der Waals surface area contributed by atoms with Crippen molar-refractivity contribution in [2.45, 2.75) is 32.4 Å². The first kappa shape index (κ1) is 26.2. The van der Waals surface area contributed by atoms with Crippen molar-refractivity contribution in [1.82, 2.24) is 15.2 Å². The quantitative estimate of drug-likeness (QED) is 0.383. The predicted molar refractivity (Wildman–Crippen MR) is 138 cm³/mol. The molecule has 0 saturated carbocycles. The molecule has 0 aliphatic carbocycles. The van der Waals surface area contributed by atoms with Gasteiger partial charge in [-0.05, 0) is 49.6 Å².